The zero-order valence-corrected chi connectivity index (χ0v) is 14.5. The van der Waals surface area contributed by atoms with Gasteiger partial charge < -0.3 is 19.4 Å². The van der Waals surface area contributed by atoms with Crippen LogP contribution in [-0.4, -0.2) is 53.2 Å². The molecule has 1 aliphatic heterocycles. The monoisotopic (exact) mass is 363 g/mol. The molecule has 1 aromatic carbocycles. The fourth-order valence-electron chi connectivity index (χ4n) is 2.93. The maximum Gasteiger partial charge on any atom is 0.343 e. The molecule has 0 radical (unpaired) electrons. The van der Waals surface area contributed by atoms with Crippen LogP contribution >= 0.6 is 11.6 Å². The van der Waals surface area contributed by atoms with Gasteiger partial charge in [0.25, 0.3) is 0 Å². The third kappa shape index (κ3) is 3.61. The van der Waals surface area contributed by atoms with Gasteiger partial charge in [0.15, 0.2) is 17.1 Å². The minimum atomic E-state index is -1.10. The number of benzene rings is 1. The van der Waals surface area contributed by atoms with Gasteiger partial charge in [0.05, 0.1) is 0 Å². The topological polar surface area (TPSA) is 86.9 Å². The highest BCUT2D eigenvalue weighted by molar-refractivity contribution is 6.30. The third-order valence-corrected chi connectivity index (χ3v) is 4.49. The predicted octanol–water partition coefficient (Wildman–Crippen LogP) is 2.75. The van der Waals surface area contributed by atoms with E-state index < -0.39 is 5.97 Å². The average molecular weight is 364 g/mol. The van der Waals surface area contributed by atoms with Gasteiger partial charge in [-0.05, 0) is 30.7 Å². The summed E-state index contributed by atoms with van der Waals surface area (Å²) < 4.78 is 5.36. The summed E-state index contributed by atoms with van der Waals surface area (Å²) in [5.41, 5.74) is 0.624. The lowest BCUT2D eigenvalue weighted by molar-refractivity contribution is -0.128. The summed E-state index contributed by atoms with van der Waals surface area (Å²) in [4.78, 5) is 27.0. The van der Waals surface area contributed by atoms with Gasteiger partial charge in [0, 0.05) is 43.7 Å². The van der Waals surface area contributed by atoms with Crippen LogP contribution in [0.1, 0.15) is 23.7 Å². The lowest BCUT2D eigenvalue weighted by atomic mass is 10.1. The van der Waals surface area contributed by atoms with E-state index in [1.165, 1.54) is 6.92 Å². The van der Waals surface area contributed by atoms with Crippen LogP contribution in [0.4, 0.5) is 5.82 Å². The molecular weight excluding hydrogens is 346 g/mol. The molecule has 0 aliphatic carbocycles. The largest absolute Gasteiger partial charge is 0.477 e. The minimum Gasteiger partial charge on any atom is -0.477 e. The molecule has 1 aliphatic rings. The standard InChI is InChI=1S/C17H18ClN3O4/c1-11(22)20-7-2-8-21(10-9-20)16-14(17(23)24)15(25-19-16)12-3-5-13(18)6-4-12/h3-6H,2,7-10H2,1H3,(H,23,24). The Bertz CT molecular complexity index is 788. The molecule has 2 aromatic rings. The number of aromatic carboxylic acids is 1. The zero-order valence-electron chi connectivity index (χ0n) is 13.7. The first-order chi connectivity index (χ1) is 12.0. The number of halogens is 1. The number of hydrogen-bond acceptors (Lipinski definition) is 5. The van der Waals surface area contributed by atoms with Crippen LogP contribution in [0.25, 0.3) is 11.3 Å². The fourth-order valence-corrected chi connectivity index (χ4v) is 3.06. The molecule has 25 heavy (non-hydrogen) atoms. The number of carbonyl (C=O) groups is 2. The zero-order chi connectivity index (χ0) is 18.0. The normalized spacial score (nSPS) is 15.1. The predicted molar refractivity (Wildman–Crippen MR) is 93.0 cm³/mol. The van der Waals surface area contributed by atoms with Gasteiger partial charge in [-0.25, -0.2) is 4.79 Å². The van der Waals surface area contributed by atoms with Crippen molar-refractivity contribution in [2.45, 2.75) is 13.3 Å². The average Bonchev–Trinajstić information content (AvgIpc) is 2.86. The van der Waals surface area contributed by atoms with Crippen LogP contribution in [0.2, 0.25) is 5.02 Å². The van der Waals surface area contributed by atoms with E-state index in [4.69, 9.17) is 16.1 Å². The van der Waals surface area contributed by atoms with Crippen LogP contribution in [0, 0.1) is 0 Å². The molecule has 0 unspecified atom stereocenters. The highest BCUT2D eigenvalue weighted by Gasteiger charge is 2.28. The van der Waals surface area contributed by atoms with Crippen LogP contribution in [0.5, 0.6) is 0 Å². The Morgan fingerprint density at radius 1 is 1.16 bits per heavy atom. The number of nitrogens with zero attached hydrogens (tertiary/aromatic N) is 3. The molecule has 1 fully saturated rings. The van der Waals surface area contributed by atoms with Gasteiger partial charge in [0.1, 0.15) is 0 Å². The van der Waals surface area contributed by atoms with Gasteiger partial charge in [-0.15, -0.1) is 0 Å². The van der Waals surface area contributed by atoms with Crippen molar-refractivity contribution in [2.75, 3.05) is 31.1 Å². The number of carboxylic acids is 1. The Kier molecular flexibility index (Phi) is 4.94. The highest BCUT2D eigenvalue weighted by Crippen LogP contribution is 2.32. The maximum absolute atomic E-state index is 11.8. The van der Waals surface area contributed by atoms with E-state index in [2.05, 4.69) is 5.16 Å². The Morgan fingerprint density at radius 3 is 2.52 bits per heavy atom. The molecule has 1 amide bonds. The number of anilines is 1. The van der Waals surface area contributed by atoms with E-state index in [0.29, 0.717) is 42.6 Å². The van der Waals surface area contributed by atoms with Gasteiger partial charge in [-0.2, -0.15) is 0 Å². The van der Waals surface area contributed by atoms with E-state index >= 15 is 0 Å². The van der Waals surface area contributed by atoms with Crippen molar-refractivity contribution in [1.82, 2.24) is 10.1 Å². The Labute approximate surface area is 149 Å². The van der Waals surface area contributed by atoms with E-state index in [0.717, 1.165) is 6.42 Å². The summed E-state index contributed by atoms with van der Waals surface area (Å²) in [7, 11) is 0. The number of carboxylic acid groups (broad SMARTS) is 1. The van der Waals surface area contributed by atoms with Crippen molar-refractivity contribution in [1.29, 1.82) is 0 Å². The number of hydrogen-bond donors (Lipinski definition) is 1. The Morgan fingerprint density at radius 2 is 1.88 bits per heavy atom. The van der Waals surface area contributed by atoms with E-state index in [1.807, 2.05) is 4.90 Å². The van der Waals surface area contributed by atoms with Gasteiger partial charge in [-0.3, -0.25) is 4.79 Å². The molecule has 7 nitrogen and oxygen atoms in total. The number of aromatic nitrogens is 1. The molecule has 1 aromatic heterocycles. The van der Waals surface area contributed by atoms with E-state index in [9.17, 15) is 14.7 Å². The van der Waals surface area contributed by atoms with Crippen LogP contribution in [-0.2, 0) is 4.79 Å². The molecule has 8 heteroatoms. The first-order valence-electron chi connectivity index (χ1n) is 7.96. The second-order valence-electron chi connectivity index (χ2n) is 5.87. The molecule has 1 saturated heterocycles. The number of rotatable bonds is 3. The Hall–Kier alpha value is -2.54. The number of carbonyl (C=O) groups excluding carboxylic acids is 1. The lowest BCUT2D eigenvalue weighted by Crippen LogP contribution is -2.34. The smallest absolute Gasteiger partial charge is 0.343 e. The first kappa shape index (κ1) is 17.3. The molecular formula is C17H18ClN3O4. The number of amides is 1. The summed E-state index contributed by atoms with van der Waals surface area (Å²) >= 11 is 5.88. The molecule has 0 bridgehead atoms. The van der Waals surface area contributed by atoms with Gasteiger partial charge in [0.2, 0.25) is 5.91 Å². The van der Waals surface area contributed by atoms with Crippen molar-refractivity contribution >= 4 is 29.3 Å². The lowest BCUT2D eigenvalue weighted by Gasteiger charge is -2.21. The summed E-state index contributed by atoms with van der Waals surface area (Å²) in [6.07, 6.45) is 0.738. The van der Waals surface area contributed by atoms with Crippen LogP contribution in [0.3, 0.4) is 0 Å². The van der Waals surface area contributed by atoms with Gasteiger partial charge in [-0.1, -0.05) is 16.8 Å². The quantitative estimate of drug-likeness (QED) is 0.902. The van der Waals surface area contributed by atoms with E-state index in [-0.39, 0.29) is 17.2 Å². The molecule has 132 valence electrons. The highest BCUT2D eigenvalue weighted by atomic mass is 35.5. The summed E-state index contributed by atoms with van der Waals surface area (Å²) in [6, 6.07) is 6.72. The van der Waals surface area contributed by atoms with Crippen molar-refractivity contribution in [2.24, 2.45) is 0 Å². The van der Waals surface area contributed by atoms with Crippen LogP contribution < -0.4 is 4.90 Å². The maximum atomic E-state index is 11.8. The minimum absolute atomic E-state index is 0.0160. The molecule has 0 atom stereocenters. The molecule has 3 rings (SSSR count). The van der Waals surface area contributed by atoms with Crippen LogP contribution in [0.15, 0.2) is 28.8 Å². The molecule has 0 spiro atoms. The first-order valence-corrected chi connectivity index (χ1v) is 8.34. The summed E-state index contributed by atoms with van der Waals surface area (Å²) in [6.45, 7) is 3.82. The SMILES string of the molecule is CC(=O)N1CCCN(c2noc(-c3ccc(Cl)cc3)c2C(=O)O)CC1. The summed E-state index contributed by atoms with van der Waals surface area (Å²) in [5, 5.41) is 14.2. The van der Waals surface area contributed by atoms with Gasteiger partial charge >= 0.3 is 5.97 Å². The fraction of sp³-hybridized carbons (Fsp3) is 0.353. The van der Waals surface area contributed by atoms with Crippen molar-refractivity contribution in [3.63, 3.8) is 0 Å². The molecule has 2 heterocycles. The molecule has 0 saturated carbocycles. The Balaban J connectivity index is 1.93. The summed E-state index contributed by atoms with van der Waals surface area (Å²) in [5.74, 6) is -0.592. The second-order valence-corrected chi connectivity index (χ2v) is 6.31. The van der Waals surface area contributed by atoms with Crippen molar-refractivity contribution < 1.29 is 19.2 Å². The van der Waals surface area contributed by atoms with Crippen molar-refractivity contribution in [3.8, 4) is 11.3 Å². The molecule has 1 N–H and O–H groups in total. The van der Waals surface area contributed by atoms with E-state index in [1.54, 1.807) is 29.2 Å². The third-order valence-electron chi connectivity index (χ3n) is 4.24. The second kappa shape index (κ2) is 7.14. The van der Waals surface area contributed by atoms with Crippen molar-refractivity contribution in [3.05, 3.63) is 34.9 Å².